The summed E-state index contributed by atoms with van der Waals surface area (Å²) in [4.78, 5) is 13.0. The summed E-state index contributed by atoms with van der Waals surface area (Å²) in [6.07, 6.45) is 2.58. The van der Waals surface area contributed by atoms with E-state index in [4.69, 9.17) is 17.3 Å². The van der Waals surface area contributed by atoms with Crippen molar-refractivity contribution in [3.8, 4) is 0 Å². The van der Waals surface area contributed by atoms with Gasteiger partial charge in [-0.15, -0.1) is 0 Å². The highest BCUT2D eigenvalue weighted by Gasteiger charge is 2.55. The van der Waals surface area contributed by atoms with Crippen LogP contribution in [0.4, 0.5) is 15.9 Å². The van der Waals surface area contributed by atoms with Crippen LogP contribution in [0.3, 0.4) is 0 Å². The third-order valence-corrected chi connectivity index (χ3v) is 7.38. The maximum absolute atomic E-state index is 13.4. The lowest BCUT2D eigenvalue weighted by Gasteiger charge is -2.36. The normalized spacial score (nSPS) is 28.0. The Hall–Kier alpha value is -2.16. The number of hydrogen-bond acceptors (Lipinski definition) is 5. The molecule has 2 atom stereocenters. The van der Waals surface area contributed by atoms with Crippen LogP contribution >= 0.6 is 11.6 Å². The van der Waals surface area contributed by atoms with E-state index >= 15 is 0 Å². The van der Waals surface area contributed by atoms with Gasteiger partial charge in [0.25, 0.3) is 5.91 Å². The van der Waals surface area contributed by atoms with Crippen LogP contribution in [0.15, 0.2) is 18.2 Å². The number of hydrogen-bond donors (Lipinski definition) is 4. The molecule has 1 amide bonds. The minimum absolute atomic E-state index is 0.0300. The molecule has 0 saturated heterocycles. The number of anilines is 2. The fraction of sp³-hybridized carbons (Fsp3) is 0.545. The third kappa shape index (κ3) is 3.81. The summed E-state index contributed by atoms with van der Waals surface area (Å²) < 4.78 is 14.9. The monoisotopic (exact) mass is 450 g/mol. The second-order valence-electron chi connectivity index (χ2n) is 9.54. The minimum Gasteiger partial charge on any atom is -0.387 e. The first-order valence-electron chi connectivity index (χ1n) is 10.4. The van der Waals surface area contributed by atoms with Crippen molar-refractivity contribution in [1.82, 2.24) is 9.78 Å². The molecule has 5 N–H and O–H groups in total. The Kier molecular flexibility index (Phi) is 5.31. The van der Waals surface area contributed by atoms with Gasteiger partial charge < -0.3 is 21.3 Å². The zero-order chi connectivity index (χ0) is 22.7. The van der Waals surface area contributed by atoms with Gasteiger partial charge in [0.05, 0.1) is 21.9 Å². The minimum atomic E-state index is -1.16. The summed E-state index contributed by atoms with van der Waals surface area (Å²) in [5.74, 6) is -0.209. The fourth-order valence-corrected chi connectivity index (χ4v) is 5.41. The van der Waals surface area contributed by atoms with Crippen molar-refractivity contribution in [1.29, 1.82) is 0 Å². The van der Waals surface area contributed by atoms with Gasteiger partial charge in [-0.1, -0.05) is 11.6 Å². The molecule has 2 aliphatic carbocycles. The number of rotatable bonds is 4. The number of carbonyl (C=O) groups excluding carboxylic acids is 1. The summed E-state index contributed by atoms with van der Waals surface area (Å²) in [5.41, 5.74) is 5.22. The Morgan fingerprint density at radius 3 is 2.52 bits per heavy atom. The van der Waals surface area contributed by atoms with Crippen LogP contribution in [0.5, 0.6) is 0 Å². The lowest BCUT2D eigenvalue weighted by molar-refractivity contribution is -0.130. The SMILES string of the molecule is Cn1nc(C2CC3CC(O)(C(C)(C)O)CC3C2)c(C(=O)Nc2ccc(F)c(Cl)c2)c1N. The van der Waals surface area contributed by atoms with E-state index in [9.17, 15) is 19.4 Å². The molecule has 0 bridgehead atoms. The van der Waals surface area contributed by atoms with E-state index in [0.29, 0.717) is 29.8 Å². The van der Waals surface area contributed by atoms with Crippen LogP contribution in [-0.2, 0) is 7.05 Å². The molecule has 1 heterocycles. The molecular formula is C22H28ClFN4O3. The first-order valence-corrected chi connectivity index (χ1v) is 10.8. The topological polar surface area (TPSA) is 113 Å². The molecule has 4 rings (SSSR count). The maximum Gasteiger partial charge on any atom is 0.261 e. The number of carbonyl (C=O) groups is 1. The van der Waals surface area contributed by atoms with E-state index < -0.39 is 22.9 Å². The molecule has 0 radical (unpaired) electrons. The first-order chi connectivity index (χ1) is 14.4. The standard InChI is InChI=1S/C22H28ClFN4O3/c1-21(2,30)22(31)9-12-6-11(7-13(12)10-22)18-17(19(25)28(3)27-18)20(29)26-14-4-5-16(24)15(23)8-14/h4-5,8,11-13,30-31H,6-7,9-10,25H2,1-3H3,(H,26,29). The summed E-state index contributed by atoms with van der Waals surface area (Å²) >= 11 is 5.82. The van der Waals surface area contributed by atoms with Gasteiger partial charge in [-0.25, -0.2) is 4.39 Å². The lowest BCUT2D eigenvalue weighted by atomic mass is 9.81. The number of fused-ring (bicyclic) bond motifs is 1. The highest BCUT2D eigenvalue weighted by Crippen LogP contribution is 2.56. The highest BCUT2D eigenvalue weighted by atomic mass is 35.5. The van der Waals surface area contributed by atoms with E-state index in [0.717, 1.165) is 12.8 Å². The lowest BCUT2D eigenvalue weighted by Crippen LogP contribution is -2.48. The fourth-order valence-electron chi connectivity index (χ4n) is 5.23. The van der Waals surface area contributed by atoms with Crippen molar-refractivity contribution < 1.29 is 19.4 Å². The van der Waals surface area contributed by atoms with E-state index in [2.05, 4.69) is 10.4 Å². The van der Waals surface area contributed by atoms with Gasteiger partial charge in [0.1, 0.15) is 17.2 Å². The van der Waals surface area contributed by atoms with Gasteiger partial charge in [0.15, 0.2) is 0 Å². The third-order valence-electron chi connectivity index (χ3n) is 7.09. The van der Waals surface area contributed by atoms with E-state index in [1.54, 1.807) is 20.9 Å². The molecule has 2 unspecified atom stereocenters. The number of aliphatic hydroxyl groups is 2. The predicted octanol–water partition coefficient (Wildman–Crippen LogP) is 3.45. The molecule has 2 fully saturated rings. The number of aryl methyl sites for hydroxylation is 1. The number of benzene rings is 1. The van der Waals surface area contributed by atoms with Crippen molar-refractivity contribution >= 4 is 29.0 Å². The Balaban J connectivity index is 1.56. The number of nitrogen functional groups attached to an aromatic ring is 1. The van der Waals surface area contributed by atoms with Gasteiger partial charge in [-0.3, -0.25) is 9.48 Å². The molecule has 0 spiro atoms. The molecule has 7 nitrogen and oxygen atoms in total. The average molecular weight is 451 g/mol. The molecule has 2 saturated carbocycles. The van der Waals surface area contributed by atoms with Crippen molar-refractivity contribution in [2.24, 2.45) is 18.9 Å². The van der Waals surface area contributed by atoms with Gasteiger partial charge >= 0.3 is 0 Å². The van der Waals surface area contributed by atoms with Crippen LogP contribution in [-0.4, -0.2) is 37.1 Å². The molecule has 1 aromatic heterocycles. The predicted molar refractivity (Wildman–Crippen MR) is 116 cm³/mol. The van der Waals surface area contributed by atoms with E-state index in [-0.39, 0.29) is 28.6 Å². The maximum atomic E-state index is 13.4. The van der Waals surface area contributed by atoms with Gasteiger partial charge in [-0.2, -0.15) is 5.10 Å². The summed E-state index contributed by atoms with van der Waals surface area (Å²) in [6, 6.07) is 3.97. The van der Waals surface area contributed by atoms with Crippen LogP contribution in [0.25, 0.3) is 0 Å². The van der Waals surface area contributed by atoms with Crippen LogP contribution in [0.2, 0.25) is 5.02 Å². The van der Waals surface area contributed by atoms with Gasteiger partial charge in [0, 0.05) is 18.7 Å². The molecular weight excluding hydrogens is 423 g/mol. The second kappa shape index (κ2) is 7.46. The Labute approximate surface area is 185 Å². The van der Waals surface area contributed by atoms with Crippen molar-refractivity contribution in [2.45, 2.75) is 56.7 Å². The molecule has 168 valence electrons. The van der Waals surface area contributed by atoms with Crippen LogP contribution < -0.4 is 11.1 Å². The number of halogens is 2. The molecule has 9 heteroatoms. The average Bonchev–Trinajstić information content (AvgIpc) is 3.28. The quantitative estimate of drug-likeness (QED) is 0.569. The zero-order valence-corrected chi connectivity index (χ0v) is 18.6. The van der Waals surface area contributed by atoms with Crippen molar-refractivity contribution in [2.75, 3.05) is 11.1 Å². The van der Waals surface area contributed by atoms with E-state index in [1.165, 1.54) is 22.9 Å². The first kappa shape index (κ1) is 22.0. The van der Waals surface area contributed by atoms with Crippen LogP contribution in [0.1, 0.15) is 61.5 Å². The molecule has 2 aliphatic rings. The molecule has 1 aromatic carbocycles. The summed E-state index contributed by atoms with van der Waals surface area (Å²) in [5, 5.41) is 28.5. The summed E-state index contributed by atoms with van der Waals surface area (Å²) in [6.45, 7) is 3.30. The van der Waals surface area contributed by atoms with Gasteiger partial charge in [0.2, 0.25) is 0 Å². The number of nitrogens with zero attached hydrogens (tertiary/aromatic N) is 2. The Morgan fingerprint density at radius 2 is 1.97 bits per heavy atom. The number of amides is 1. The second-order valence-corrected chi connectivity index (χ2v) is 9.95. The number of aromatic nitrogens is 2. The summed E-state index contributed by atoms with van der Waals surface area (Å²) in [7, 11) is 1.69. The molecule has 0 aliphatic heterocycles. The highest BCUT2D eigenvalue weighted by molar-refractivity contribution is 6.31. The molecule has 2 aromatic rings. The van der Waals surface area contributed by atoms with Crippen molar-refractivity contribution in [3.05, 3.63) is 40.3 Å². The van der Waals surface area contributed by atoms with Crippen LogP contribution in [0, 0.1) is 17.7 Å². The van der Waals surface area contributed by atoms with E-state index in [1.807, 2.05) is 0 Å². The zero-order valence-electron chi connectivity index (χ0n) is 17.8. The largest absolute Gasteiger partial charge is 0.387 e. The van der Waals surface area contributed by atoms with Gasteiger partial charge in [-0.05, 0) is 69.6 Å². The number of nitrogens with one attached hydrogen (secondary N) is 1. The Morgan fingerprint density at radius 1 is 1.35 bits per heavy atom. The molecule has 31 heavy (non-hydrogen) atoms. The van der Waals surface area contributed by atoms with Crippen molar-refractivity contribution in [3.63, 3.8) is 0 Å². The number of nitrogens with two attached hydrogens (primary N) is 1. The Bertz CT molecular complexity index is 1020. The smallest absolute Gasteiger partial charge is 0.261 e.